The van der Waals surface area contributed by atoms with Crippen molar-refractivity contribution in [2.24, 2.45) is 0 Å². The number of carbonyl (C=O) groups is 2. The Morgan fingerprint density at radius 2 is 0.603 bits per heavy atom. The van der Waals surface area contributed by atoms with Gasteiger partial charge in [-0.2, -0.15) is 0 Å². The average molecular weight is 1100 g/mol. The zero-order valence-electron chi connectivity index (χ0n) is 52.9. The number of amides is 1. The van der Waals surface area contributed by atoms with Crippen LogP contribution in [-0.4, -0.2) is 47.4 Å². The summed E-state index contributed by atoms with van der Waals surface area (Å²) in [4.78, 5) is 24.6. The van der Waals surface area contributed by atoms with Crippen molar-refractivity contribution < 1.29 is 24.5 Å². The van der Waals surface area contributed by atoms with Gasteiger partial charge in [-0.1, -0.05) is 334 Å². The number of esters is 1. The van der Waals surface area contributed by atoms with E-state index in [2.05, 4.69) is 43.5 Å². The summed E-state index contributed by atoms with van der Waals surface area (Å²) in [6, 6.07) is -0.539. The van der Waals surface area contributed by atoms with E-state index in [9.17, 15) is 19.8 Å². The van der Waals surface area contributed by atoms with E-state index in [-0.39, 0.29) is 18.5 Å². The molecule has 0 aromatic heterocycles. The first-order valence-corrected chi connectivity index (χ1v) is 35.6. The summed E-state index contributed by atoms with van der Waals surface area (Å²) in [6.45, 7) is 4.98. The summed E-state index contributed by atoms with van der Waals surface area (Å²) in [5.74, 6) is -0.0159. The summed E-state index contributed by atoms with van der Waals surface area (Å²) in [6.07, 6.45) is 85.2. The molecule has 6 heteroatoms. The predicted molar refractivity (Wildman–Crippen MR) is 343 cm³/mol. The van der Waals surface area contributed by atoms with Gasteiger partial charge in [0.2, 0.25) is 5.91 Å². The number of carbonyl (C=O) groups excluding carboxylic acids is 2. The van der Waals surface area contributed by atoms with Crippen LogP contribution in [0.15, 0.2) is 24.3 Å². The Morgan fingerprint density at radius 1 is 0.346 bits per heavy atom. The lowest BCUT2D eigenvalue weighted by atomic mass is 10.0. The van der Waals surface area contributed by atoms with Gasteiger partial charge in [0, 0.05) is 12.8 Å². The molecule has 0 aliphatic carbocycles. The SMILES string of the molecule is CCCCCCCC/C=C\CCCCCCCCCC(=O)OCCCCCCCCCCCCCC/C=C\CCCCCCCCCCCCCCCCCC(=O)NC(CO)C(O)CCCCCCCCCCCCCCC. The fourth-order valence-corrected chi connectivity index (χ4v) is 11.3. The monoisotopic (exact) mass is 1100 g/mol. The van der Waals surface area contributed by atoms with Gasteiger partial charge in [-0.15, -0.1) is 0 Å². The second kappa shape index (κ2) is 67.8. The van der Waals surface area contributed by atoms with Crippen LogP contribution in [0.3, 0.4) is 0 Å². The number of aliphatic hydroxyl groups is 2. The zero-order chi connectivity index (χ0) is 56.4. The molecule has 0 aliphatic heterocycles. The molecule has 2 atom stereocenters. The molecule has 0 heterocycles. The minimum absolute atomic E-state index is 0.0150. The van der Waals surface area contributed by atoms with Crippen molar-refractivity contribution >= 4 is 11.9 Å². The molecule has 0 spiro atoms. The summed E-state index contributed by atoms with van der Waals surface area (Å²) in [7, 11) is 0. The Balaban J connectivity index is 3.34. The molecule has 0 aromatic carbocycles. The van der Waals surface area contributed by atoms with Crippen LogP contribution in [0.4, 0.5) is 0 Å². The second-order valence-electron chi connectivity index (χ2n) is 24.6. The first-order chi connectivity index (χ1) is 38.5. The van der Waals surface area contributed by atoms with Gasteiger partial charge in [-0.3, -0.25) is 9.59 Å². The highest BCUT2D eigenvalue weighted by atomic mass is 16.5. The van der Waals surface area contributed by atoms with Crippen LogP contribution in [0.5, 0.6) is 0 Å². The van der Waals surface area contributed by atoms with Gasteiger partial charge in [0.1, 0.15) is 0 Å². The lowest BCUT2D eigenvalue weighted by Crippen LogP contribution is -2.45. The molecule has 6 nitrogen and oxygen atoms in total. The number of hydrogen-bond donors (Lipinski definition) is 3. The lowest BCUT2D eigenvalue weighted by Gasteiger charge is -2.22. The summed E-state index contributed by atoms with van der Waals surface area (Å²) in [5.41, 5.74) is 0. The highest BCUT2D eigenvalue weighted by Gasteiger charge is 2.20. The maximum absolute atomic E-state index is 12.5. The van der Waals surface area contributed by atoms with Crippen molar-refractivity contribution in [1.29, 1.82) is 0 Å². The number of allylic oxidation sites excluding steroid dienone is 4. The molecule has 0 bridgehead atoms. The number of aliphatic hydroxyl groups excluding tert-OH is 2. The third-order valence-corrected chi connectivity index (χ3v) is 16.7. The Labute approximate surface area is 488 Å². The lowest BCUT2D eigenvalue weighted by molar-refractivity contribution is -0.143. The third-order valence-electron chi connectivity index (χ3n) is 16.7. The van der Waals surface area contributed by atoms with E-state index in [0.29, 0.717) is 25.9 Å². The molecule has 0 saturated heterocycles. The average Bonchev–Trinajstić information content (AvgIpc) is 3.44. The summed E-state index contributed by atoms with van der Waals surface area (Å²) >= 11 is 0. The van der Waals surface area contributed by atoms with Crippen LogP contribution in [0, 0.1) is 0 Å². The molecule has 0 fully saturated rings. The van der Waals surface area contributed by atoms with E-state index in [4.69, 9.17) is 4.74 Å². The fraction of sp³-hybridized carbons (Fsp3) is 0.917. The first kappa shape index (κ1) is 76.3. The van der Waals surface area contributed by atoms with Crippen LogP contribution < -0.4 is 5.32 Å². The van der Waals surface area contributed by atoms with E-state index >= 15 is 0 Å². The van der Waals surface area contributed by atoms with Gasteiger partial charge in [0.15, 0.2) is 0 Å². The fourth-order valence-electron chi connectivity index (χ4n) is 11.3. The smallest absolute Gasteiger partial charge is 0.305 e. The van der Waals surface area contributed by atoms with E-state index in [1.807, 2.05) is 0 Å². The second-order valence-corrected chi connectivity index (χ2v) is 24.6. The van der Waals surface area contributed by atoms with Crippen molar-refractivity contribution in [3.63, 3.8) is 0 Å². The number of hydrogen-bond acceptors (Lipinski definition) is 5. The van der Waals surface area contributed by atoms with Gasteiger partial charge < -0.3 is 20.3 Å². The van der Waals surface area contributed by atoms with Crippen LogP contribution in [0.25, 0.3) is 0 Å². The van der Waals surface area contributed by atoms with E-state index < -0.39 is 12.1 Å². The Morgan fingerprint density at radius 3 is 0.910 bits per heavy atom. The third kappa shape index (κ3) is 63.5. The van der Waals surface area contributed by atoms with Gasteiger partial charge in [-0.05, 0) is 77.0 Å². The molecule has 2 unspecified atom stereocenters. The molecule has 462 valence electrons. The zero-order valence-corrected chi connectivity index (χ0v) is 52.9. The molecule has 3 N–H and O–H groups in total. The van der Waals surface area contributed by atoms with E-state index in [1.54, 1.807) is 0 Å². The van der Waals surface area contributed by atoms with Crippen molar-refractivity contribution in [3.8, 4) is 0 Å². The summed E-state index contributed by atoms with van der Waals surface area (Å²) in [5, 5.41) is 23.3. The molecular weight excluding hydrogens is 959 g/mol. The molecule has 78 heavy (non-hydrogen) atoms. The maximum Gasteiger partial charge on any atom is 0.305 e. The molecule has 0 aromatic rings. The van der Waals surface area contributed by atoms with Crippen LogP contribution in [0.1, 0.15) is 399 Å². The minimum atomic E-state index is -0.662. The number of nitrogens with one attached hydrogen (secondary N) is 1. The van der Waals surface area contributed by atoms with Crippen LogP contribution in [0.2, 0.25) is 0 Å². The number of rotatable bonds is 67. The van der Waals surface area contributed by atoms with Crippen molar-refractivity contribution in [1.82, 2.24) is 5.32 Å². The minimum Gasteiger partial charge on any atom is -0.466 e. The number of ether oxygens (including phenoxy) is 1. The normalized spacial score (nSPS) is 12.6. The van der Waals surface area contributed by atoms with Gasteiger partial charge in [-0.25, -0.2) is 0 Å². The summed E-state index contributed by atoms with van der Waals surface area (Å²) < 4.78 is 5.50. The predicted octanol–water partition coefficient (Wildman–Crippen LogP) is 22.9. The van der Waals surface area contributed by atoms with Crippen molar-refractivity contribution in [3.05, 3.63) is 24.3 Å². The molecule has 0 saturated carbocycles. The van der Waals surface area contributed by atoms with Gasteiger partial charge in [0.05, 0.1) is 25.4 Å². The van der Waals surface area contributed by atoms with Crippen LogP contribution in [-0.2, 0) is 14.3 Å². The largest absolute Gasteiger partial charge is 0.466 e. The maximum atomic E-state index is 12.5. The Kier molecular flexibility index (Phi) is 66.4. The molecule has 0 aliphatic rings. The van der Waals surface area contributed by atoms with Crippen molar-refractivity contribution in [2.45, 2.75) is 411 Å². The highest BCUT2D eigenvalue weighted by molar-refractivity contribution is 5.76. The van der Waals surface area contributed by atoms with Gasteiger partial charge >= 0.3 is 5.97 Å². The molecule has 0 rings (SSSR count). The quantitative estimate of drug-likeness (QED) is 0.0320. The Bertz CT molecular complexity index is 1220. The number of unbranched alkanes of at least 4 members (excludes halogenated alkanes) is 52. The highest BCUT2D eigenvalue weighted by Crippen LogP contribution is 2.19. The molecule has 0 radical (unpaired) electrons. The molecular formula is C72H139NO5. The first-order valence-electron chi connectivity index (χ1n) is 35.6. The standard InChI is InChI=1S/C72H139NO5/c1-3-5-7-9-11-13-15-17-18-34-38-42-46-50-54-58-62-66-72(77)78-67-63-59-55-51-47-43-39-36-33-31-29-27-25-23-21-19-20-22-24-26-28-30-32-35-37-41-45-49-53-57-61-65-71(76)73-69(68-74)70(75)64-60-56-52-48-44-40-16-14-12-10-8-6-4-2/h17-18,21,23,69-70,74-75H,3-16,19-20,22,24-68H2,1-2H3,(H,73,76)/b18-17-,23-21-. The molecule has 1 amide bonds. The topological polar surface area (TPSA) is 95.9 Å². The van der Waals surface area contributed by atoms with Crippen LogP contribution >= 0.6 is 0 Å². The van der Waals surface area contributed by atoms with Crippen molar-refractivity contribution in [2.75, 3.05) is 13.2 Å². The Hall–Kier alpha value is -1.66. The van der Waals surface area contributed by atoms with E-state index in [1.165, 1.54) is 321 Å². The van der Waals surface area contributed by atoms with E-state index in [0.717, 1.165) is 44.9 Å². The van der Waals surface area contributed by atoms with Gasteiger partial charge in [0.25, 0.3) is 0 Å².